The average Bonchev–Trinajstić information content (AvgIpc) is 2.43. The molecule has 1 unspecified atom stereocenters. The smallest absolute Gasteiger partial charge is 0.0555 e. The summed E-state index contributed by atoms with van der Waals surface area (Å²) in [6, 6.07) is 15.2. The zero-order valence-corrected chi connectivity index (χ0v) is 14.5. The number of rotatable bonds is 5. The Kier molecular flexibility index (Phi) is 5.43. The number of nitrogens with zero attached hydrogens (tertiary/aromatic N) is 1. The summed E-state index contributed by atoms with van der Waals surface area (Å²) in [6.45, 7) is 7.29. The van der Waals surface area contributed by atoms with E-state index in [1.54, 1.807) is 0 Å². The van der Waals surface area contributed by atoms with Gasteiger partial charge in [-0.15, -0.1) is 0 Å². The highest BCUT2D eigenvalue weighted by molar-refractivity contribution is 9.10. The van der Waals surface area contributed by atoms with Gasteiger partial charge in [0, 0.05) is 22.7 Å². The Morgan fingerprint density at radius 3 is 2.43 bits per heavy atom. The van der Waals surface area contributed by atoms with E-state index in [4.69, 9.17) is 5.73 Å². The van der Waals surface area contributed by atoms with Gasteiger partial charge >= 0.3 is 0 Å². The van der Waals surface area contributed by atoms with Crippen molar-refractivity contribution in [3.05, 3.63) is 58.1 Å². The number of para-hydroxylation sites is 1. The fraction of sp³-hybridized carbons (Fsp3) is 0.333. The summed E-state index contributed by atoms with van der Waals surface area (Å²) in [7, 11) is 0. The van der Waals surface area contributed by atoms with Gasteiger partial charge in [0.15, 0.2) is 0 Å². The summed E-state index contributed by atoms with van der Waals surface area (Å²) < 4.78 is 1.12. The fourth-order valence-corrected chi connectivity index (χ4v) is 3.25. The number of aryl methyl sites for hydroxylation is 1. The van der Waals surface area contributed by atoms with E-state index in [1.165, 1.54) is 22.5 Å². The Balaban J connectivity index is 2.37. The third kappa shape index (κ3) is 3.86. The van der Waals surface area contributed by atoms with Crippen LogP contribution in [-0.4, -0.2) is 12.6 Å². The molecule has 0 aliphatic heterocycles. The molecule has 2 aromatic carbocycles. The van der Waals surface area contributed by atoms with Gasteiger partial charge in [-0.3, -0.25) is 0 Å². The molecule has 0 amide bonds. The minimum atomic E-state index is 0.182. The van der Waals surface area contributed by atoms with E-state index < -0.39 is 0 Å². The fourth-order valence-electron chi connectivity index (χ4n) is 2.60. The number of halogens is 1. The molecule has 0 heterocycles. The van der Waals surface area contributed by atoms with Gasteiger partial charge in [0.25, 0.3) is 0 Å². The Hall–Kier alpha value is -1.32. The number of hydrogen-bond acceptors (Lipinski definition) is 2. The molecule has 0 saturated heterocycles. The monoisotopic (exact) mass is 346 g/mol. The minimum absolute atomic E-state index is 0.182. The Labute approximate surface area is 136 Å². The first-order chi connectivity index (χ1) is 10.0. The number of nitrogens with two attached hydrogens (primary N) is 1. The maximum atomic E-state index is 5.88. The van der Waals surface area contributed by atoms with Crippen molar-refractivity contribution in [3.8, 4) is 0 Å². The molecule has 2 rings (SSSR count). The predicted octanol–water partition coefficient (Wildman–Crippen LogP) is 4.81. The van der Waals surface area contributed by atoms with Gasteiger partial charge in [-0.05, 0) is 72.4 Å². The lowest BCUT2D eigenvalue weighted by Gasteiger charge is -2.26. The lowest BCUT2D eigenvalue weighted by atomic mass is 10.1. The highest BCUT2D eigenvalue weighted by Crippen LogP contribution is 2.34. The van der Waals surface area contributed by atoms with Crippen LogP contribution in [0.4, 0.5) is 11.4 Å². The van der Waals surface area contributed by atoms with Gasteiger partial charge in [0.1, 0.15) is 0 Å². The third-order valence-electron chi connectivity index (χ3n) is 3.58. The van der Waals surface area contributed by atoms with Crippen LogP contribution in [0, 0.1) is 6.92 Å². The van der Waals surface area contributed by atoms with Gasteiger partial charge in [-0.25, -0.2) is 0 Å². The van der Waals surface area contributed by atoms with E-state index in [-0.39, 0.29) is 6.04 Å². The second kappa shape index (κ2) is 7.10. The molecule has 0 aliphatic carbocycles. The molecule has 0 aliphatic rings. The Bertz CT molecular complexity index is 608. The molecular weight excluding hydrogens is 324 g/mol. The zero-order chi connectivity index (χ0) is 15.4. The van der Waals surface area contributed by atoms with Crippen LogP contribution >= 0.6 is 15.9 Å². The first-order valence-electron chi connectivity index (χ1n) is 7.40. The molecule has 0 spiro atoms. The highest BCUT2D eigenvalue weighted by atomic mass is 79.9. The van der Waals surface area contributed by atoms with Crippen LogP contribution in [0.15, 0.2) is 46.9 Å². The molecule has 0 radical (unpaired) electrons. The van der Waals surface area contributed by atoms with Crippen LogP contribution < -0.4 is 10.6 Å². The van der Waals surface area contributed by atoms with Crippen molar-refractivity contribution in [2.24, 2.45) is 5.73 Å². The Morgan fingerprint density at radius 1 is 1.14 bits per heavy atom. The minimum Gasteiger partial charge on any atom is -0.341 e. The SMILES string of the molecule is CCN(c1ccccc1C)c1ccc(CC(C)N)cc1Br. The molecule has 2 aromatic rings. The van der Waals surface area contributed by atoms with E-state index in [0.717, 1.165) is 17.4 Å². The van der Waals surface area contributed by atoms with Crippen LogP contribution in [0.2, 0.25) is 0 Å². The number of hydrogen-bond donors (Lipinski definition) is 1. The van der Waals surface area contributed by atoms with Crippen molar-refractivity contribution in [2.45, 2.75) is 33.2 Å². The second-order valence-electron chi connectivity index (χ2n) is 5.50. The van der Waals surface area contributed by atoms with E-state index in [0.29, 0.717) is 0 Å². The summed E-state index contributed by atoms with van der Waals surface area (Å²) in [4.78, 5) is 2.33. The van der Waals surface area contributed by atoms with Gasteiger partial charge < -0.3 is 10.6 Å². The Morgan fingerprint density at radius 2 is 1.86 bits per heavy atom. The van der Waals surface area contributed by atoms with Gasteiger partial charge in [0.05, 0.1) is 5.69 Å². The van der Waals surface area contributed by atoms with Crippen LogP contribution in [0.1, 0.15) is 25.0 Å². The van der Waals surface area contributed by atoms with Gasteiger partial charge in [0.2, 0.25) is 0 Å². The molecule has 112 valence electrons. The van der Waals surface area contributed by atoms with Gasteiger partial charge in [-0.2, -0.15) is 0 Å². The number of anilines is 2. The standard InChI is InChI=1S/C18H23BrN2/c1-4-21(17-8-6-5-7-13(17)2)18-10-9-15(11-14(3)20)12-16(18)19/h5-10,12,14H,4,11,20H2,1-3H3. The summed E-state index contributed by atoms with van der Waals surface area (Å²) in [5, 5.41) is 0. The van der Waals surface area contributed by atoms with Crippen LogP contribution in [0.5, 0.6) is 0 Å². The summed E-state index contributed by atoms with van der Waals surface area (Å²) >= 11 is 3.72. The predicted molar refractivity (Wildman–Crippen MR) is 95.4 cm³/mol. The lowest BCUT2D eigenvalue weighted by Crippen LogP contribution is -2.19. The van der Waals surface area contributed by atoms with Crippen molar-refractivity contribution in [3.63, 3.8) is 0 Å². The first kappa shape index (κ1) is 16.1. The molecule has 0 aromatic heterocycles. The molecule has 1 atom stereocenters. The highest BCUT2D eigenvalue weighted by Gasteiger charge is 2.13. The maximum absolute atomic E-state index is 5.88. The van der Waals surface area contributed by atoms with Crippen LogP contribution in [0.3, 0.4) is 0 Å². The molecule has 21 heavy (non-hydrogen) atoms. The molecule has 0 bridgehead atoms. The summed E-state index contributed by atoms with van der Waals surface area (Å²) in [5.41, 5.74) is 10.9. The molecular formula is C18H23BrN2. The third-order valence-corrected chi connectivity index (χ3v) is 4.22. The molecule has 0 saturated carbocycles. The van der Waals surface area contributed by atoms with Crippen molar-refractivity contribution >= 4 is 27.3 Å². The van der Waals surface area contributed by atoms with Crippen LogP contribution in [-0.2, 0) is 6.42 Å². The molecule has 2 N–H and O–H groups in total. The maximum Gasteiger partial charge on any atom is 0.0555 e. The van der Waals surface area contributed by atoms with E-state index in [2.05, 4.69) is 77.1 Å². The van der Waals surface area contributed by atoms with Crippen LogP contribution in [0.25, 0.3) is 0 Å². The molecule has 0 fully saturated rings. The first-order valence-corrected chi connectivity index (χ1v) is 8.19. The zero-order valence-electron chi connectivity index (χ0n) is 12.9. The van der Waals surface area contributed by atoms with E-state index in [1.807, 2.05) is 6.92 Å². The normalized spacial score (nSPS) is 12.2. The van der Waals surface area contributed by atoms with E-state index >= 15 is 0 Å². The molecule has 2 nitrogen and oxygen atoms in total. The van der Waals surface area contributed by atoms with E-state index in [9.17, 15) is 0 Å². The van der Waals surface area contributed by atoms with Crippen molar-refractivity contribution in [1.29, 1.82) is 0 Å². The van der Waals surface area contributed by atoms with Crippen molar-refractivity contribution in [1.82, 2.24) is 0 Å². The quantitative estimate of drug-likeness (QED) is 0.841. The average molecular weight is 347 g/mol. The van der Waals surface area contributed by atoms with Crippen molar-refractivity contribution < 1.29 is 0 Å². The molecule has 3 heteroatoms. The second-order valence-corrected chi connectivity index (χ2v) is 6.35. The number of benzene rings is 2. The summed E-state index contributed by atoms with van der Waals surface area (Å²) in [6.07, 6.45) is 0.898. The largest absolute Gasteiger partial charge is 0.341 e. The van der Waals surface area contributed by atoms with Gasteiger partial charge in [-0.1, -0.05) is 24.3 Å². The topological polar surface area (TPSA) is 29.3 Å². The van der Waals surface area contributed by atoms with Crippen molar-refractivity contribution in [2.75, 3.05) is 11.4 Å². The summed E-state index contributed by atoms with van der Waals surface area (Å²) in [5.74, 6) is 0. The lowest BCUT2D eigenvalue weighted by molar-refractivity contribution is 0.738.